The van der Waals surface area contributed by atoms with E-state index in [-0.39, 0.29) is 11.8 Å². The number of piperazine rings is 1. The van der Waals surface area contributed by atoms with Gasteiger partial charge in [-0.15, -0.1) is 0 Å². The number of carbonyl (C=O) groups is 2. The minimum Gasteiger partial charge on any atom is -0.355 e. The summed E-state index contributed by atoms with van der Waals surface area (Å²) in [7, 11) is 0. The summed E-state index contributed by atoms with van der Waals surface area (Å²) in [5.74, 6) is -0.0176. The van der Waals surface area contributed by atoms with Gasteiger partial charge in [-0.2, -0.15) is 0 Å². The van der Waals surface area contributed by atoms with Gasteiger partial charge in [0.2, 0.25) is 5.91 Å². The van der Waals surface area contributed by atoms with Crippen molar-refractivity contribution in [3.63, 3.8) is 0 Å². The highest BCUT2D eigenvalue weighted by molar-refractivity contribution is 6.29. The van der Waals surface area contributed by atoms with Crippen LogP contribution in [0.25, 0.3) is 0 Å². The number of halogens is 1. The molecule has 21 heavy (non-hydrogen) atoms. The van der Waals surface area contributed by atoms with E-state index in [1.165, 1.54) is 6.20 Å². The van der Waals surface area contributed by atoms with Gasteiger partial charge >= 0.3 is 0 Å². The first-order valence-corrected chi connectivity index (χ1v) is 7.38. The second-order valence-electron chi connectivity index (χ2n) is 4.89. The number of aromatic nitrogens is 1. The average Bonchev–Trinajstić information content (AvgIpc) is 2.48. The number of nitrogens with one attached hydrogen (secondary N) is 1. The molecule has 1 aliphatic heterocycles. The van der Waals surface area contributed by atoms with Crippen LogP contribution in [0.1, 0.15) is 17.3 Å². The third-order valence-electron chi connectivity index (χ3n) is 3.37. The summed E-state index contributed by atoms with van der Waals surface area (Å²) in [6, 6.07) is 3.29. The van der Waals surface area contributed by atoms with Crippen molar-refractivity contribution in [2.75, 3.05) is 39.3 Å². The van der Waals surface area contributed by atoms with Gasteiger partial charge in [0, 0.05) is 38.9 Å². The summed E-state index contributed by atoms with van der Waals surface area (Å²) in [5, 5.41) is 3.15. The molecule has 0 bridgehead atoms. The molecule has 6 nitrogen and oxygen atoms in total. The van der Waals surface area contributed by atoms with Crippen molar-refractivity contribution in [1.29, 1.82) is 0 Å². The molecule has 2 heterocycles. The zero-order valence-electron chi connectivity index (χ0n) is 12.0. The molecule has 1 aliphatic rings. The van der Waals surface area contributed by atoms with Crippen LogP contribution in [0, 0.1) is 0 Å². The van der Waals surface area contributed by atoms with Crippen LogP contribution in [0.5, 0.6) is 0 Å². The van der Waals surface area contributed by atoms with Crippen LogP contribution in [-0.2, 0) is 4.79 Å². The molecule has 0 aromatic carbocycles. The van der Waals surface area contributed by atoms with E-state index in [4.69, 9.17) is 11.6 Å². The van der Waals surface area contributed by atoms with E-state index in [0.29, 0.717) is 50.0 Å². The largest absolute Gasteiger partial charge is 0.355 e. The molecule has 0 atom stereocenters. The molecule has 0 radical (unpaired) electrons. The van der Waals surface area contributed by atoms with Crippen LogP contribution in [0.15, 0.2) is 18.3 Å². The fourth-order valence-electron chi connectivity index (χ4n) is 2.25. The molecule has 1 aromatic rings. The van der Waals surface area contributed by atoms with Crippen molar-refractivity contribution in [3.05, 3.63) is 29.0 Å². The molecule has 2 rings (SSSR count). The number of amides is 2. The zero-order chi connectivity index (χ0) is 15.2. The molecule has 0 spiro atoms. The maximum absolute atomic E-state index is 12.3. The lowest BCUT2D eigenvalue weighted by molar-refractivity contribution is -0.122. The molecular formula is C14H19ClN4O2. The van der Waals surface area contributed by atoms with Gasteiger partial charge in [0.1, 0.15) is 5.15 Å². The quantitative estimate of drug-likeness (QED) is 0.829. The van der Waals surface area contributed by atoms with Crippen molar-refractivity contribution in [2.45, 2.75) is 6.92 Å². The van der Waals surface area contributed by atoms with Crippen LogP contribution in [0.2, 0.25) is 5.15 Å². The van der Waals surface area contributed by atoms with E-state index < -0.39 is 0 Å². The molecule has 0 aliphatic carbocycles. The normalized spacial score (nSPS) is 15.8. The minimum atomic E-state index is -0.0446. The van der Waals surface area contributed by atoms with Gasteiger partial charge in [-0.25, -0.2) is 4.98 Å². The third-order valence-corrected chi connectivity index (χ3v) is 3.60. The Kier molecular flexibility index (Phi) is 5.52. The third kappa shape index (κ3) is 4.41. The summed E-state index contributed by atoms with van der Waals surface area (Å²) in [5.41, 5.74) is 0.538. The molecule has 1 fully saturated rings. The van der Waals surface area contributed by atoms with Gasteiger partial charge in [0.15, 0.2) is 0 Å². The number of carbonyl (C=O) groups excluding carboxylic acids is 2. The van der Waals surface area contributed by atoms with E-state index >= 15 is 0 Å². The van der Waals surface area contributed by atoms with Crippen molar-refractivity contribution in [3.8, 4) is 0 Å². The van der Waals surface area contributed by atoms with E-state index in [2.05, 4.69) is 15.2 Å². The number of pyridine rings is 1. The minimum absolute atomic E-state index is 0.0270. The second-order valence-corrected chi connectivity index (χ2v) is 5.28. The lowest BCUT2D eigenvalue weighted by Crippen LogP contribution is -2.51. The van der Waals surface area contributed by atoms with Gasteiger partial charge in [0.05, 0.1) is 12.1 Å². The Hall–Kier alpha value is -1.66. The van der Waals surface area contributed by atoms with Crippen LogP contribution < -0.4 is 5.32 Å². The lowest BCUT2D eigenvalue weighted by atomic mass is 10.2. The van der Waals surface area contributed by atoms with E-state index in [1.807, 2.05) is 6.92 Å². The topological polar surface area (TPSA) is 65.5 Å². The molecule has 1 saturated heterocycles. The summed E-state index contributed by atoms with van der Waals surface area (Å²) in [6.07, 6.45) is 1.49. The van der Waals surface area contributed by atoms with Gasteiger partial charge in [0.25, 0.3) is 5.91 Å². The van der Waals surface area contributed by atoms with Crippen molar-refractivity contribution in [1.82, 2.24) is 20.1 Å². The summed E-state index contributed by atoms with van der Waals surface area (Å²) >= 11 is 5.71. The fraction of sp³-hybridized carbons (Fsp3) is 0.500. The Labute approximate surface area is 129 Å². The fourth-order valence-corrected chi connectivity index (χ4v) is 2.36. The van der Waals surface area contributed by atoms with Crippen LogP contribution >= 0.6 is 11.6 Å². The van der Waals surface area contributed by atoms with Gasteiger partial charge < -0.3 is 10.2 Å². The standard InChI is InChI=1S/C14H19ClN4O2/c1-2-16-13(20)10-18-5-7-19(8-6-18)14(21)11-3-4-12(15)17-9-11/h3-4,9H,2,5-8,10H2,1H3,(H,16,20). The van der Waals surface area contributed by atoms with Crippen molar-refractivity contribution >= 4 is 23.4 Å². The van der Waals surface area contributed by atoms with Gasteiger partial charge in [-0.1, -0.05) is 11.6 Å². The average molecular weight is 311 g/mol. The zero-order valence-corrected chi connectivity index (χ0v) is 12.8. The highest BCUT2D eigenvalue weighted by Crippen LogP contribution is 2.10. The lowest BCUT2D eigenvalue weighted by Gasteiger charge is -2.34. The second kappa shape index (κ2) is 7.38. The molecule has 0 unspecified atom stereocenters. The highest BCUT2D eigenvalue weighted by atomic mass is 35.5. The smallest absolute Gasteiger partial charge is 0.255 e. The Morgan fingerprint density at radius 3 is 2.57 bits per heavy atom. The van der Waals surface area contributed by atoms with Gasteiger partial charge in [-0.3, -0.25) is 14.5 Å². The maximum atomic E-state index is 12.3. The van der Waals surface area contributed by atoms with Crippen molar-refractivity contribution in [2.24, 2.45) is 0 Å². The monoisotopic (exact) mass is 310 g/mol. The highest BCUT2D eigenvalue weighted by Gasteiger charge is 2.23. The summed E-state index contributed by atoms with van der Waals surface area (Å²) in [4.78, 5) is 31.6. The Bertz CT molecular complexity index is 498. The predicted octanol–water partition coefficient (Wildman–Crippen LogP) is 0.629. The Morgan fingerprint density at radius 2 is 2.00 bits per heavy atom. The first kappa shape index (κ1) is 15.7. The Balaban J connectivity index is 1.84. The molecule has 1 aromatic heterocycles. The van der Waals surface area contributed by atoms with E-state index in [9.17, 15) is 9.59 Å². The molecule has 1 N–H and O–H groups in total. The number of hydrogen-bond acceptors (Lipinski definition) is 4. The number of likely N-dealkylation sites (N-methyl/N-ethyl adjacent to an activating group) is 1. The van der Waals surface area contributed by atoms with Crippen LogP contribution in [0.4, 0.5) is 0 Å². The Morgan fingerprint density at radius 1 is 1.29 bits per heavy atom. The van der Waals surface area contributed by atoms with Crippen LogP contribution in [-0.4, -0.2) is 65.9 Å². The number of rotatable bonds is 4. The van der Waals surface area contributed by atoms with E-state index in [0.717, 1.165) is 0 Å². The number of nitrogens with zero attached hydrogens (tertiary/aromatic N) is 3. The first-order valence-electron chi connectivity index (χ1n) is 7.00. The summed E-state index contributed by atoms with van der Waals surface area (Å²) in [6.45, 7) is 5.55. The maximum Gasteiger partial charge on any atom is 0.255 e. The SMILES string of the molecule is CCNC(=O)CN1CCN(C(=O)c2ccc(Cl)nc2)CC1. The summed E-state index contributed by atoms with van der Waals surface area (Å²) < 4.78 is 0. The molecule has 0 saturated carbocycles. The molecule has 7 heteroatoms. The van der Waals surface area contributed by atoms with Crippen molar-refractivity contribution < 1.29 is 9.59 Å². The first-order chi connectivity index (χ1) is 10.1. The van der Waals surface area contributed by atoms with Crippen LogP contribution in [0.3, 0.4) is 0 Å². The van der Waals surface area contributed by atoms with E-state index in [1.54, 1.807) is 17.0 Å². The molecular weight excluding hydrogens is 292 g/mol. The molecule has 2 amide bonds. The molecule has 114 valence electrons. The predicted molar refractivity (Wildman–Crippen MR) is 80.3 cm³/mol. The van der Waals surface area contributed by atoms with Gasteiger partial charge in [-0.05, 0) is 19.1 Å². The number of hydrogen-bond donors (Lipinski definition) is 1.